The van der Waals surface area contributed by atoms with Crippen molar-refractivity contribution in [2.75, 3.05) is 0 Å². The highest BCUT2D eigenvalue weighted by Crippen LogP contribution is 2.26. The van der Waals surface area contributed by atoms with E-state index in [1.807, 2.05) is 48.5 Å². The highest BCUT2D eigenvalue weighted by atomic mass is 16.5. The second kappa shape index (κ2) is 8.21. The standard InChI is InChI=1S/C22H22O2/c1-2-20-15-21(23-16-18-9-5-3-6-10-18)13-14-22(20)24-17-19-11-7-4-8-12-19/h3-15H,2,16-17H2,1H3. The van der Waals surface area contributed by atoms with Gasteiger partial charge >= 0.3 is 0 Å². The lowest BCUT2D eigenvalue weighted by molar-refractivity contribution is 0.294. The van der Waals surface area contributed by atoms with Gasteiger partial charge in [-0.1, -0.05) is 67.6 Å². The third kappa shape index (κ3) is 4.39. The Morgan fingerprint density at radius 3 is 1.83 bits per heavy atom. The number of ether oxygens (including phenoxy) is 2. The minimum atomic E-state index is 0.578. The molecular formula is C22H22O2. The van der Waals surface area contributed by atoms with Gasteiger partial charge in [-0.05, 0) is 41.3 Å². The first-order valence-electron chi connectivity index (χ1n) is 8.31. The summed E-state index contributed by atoms with van der Waals surface area (Å²) in [4.78, 5) is 0. The van der Waals surface area contributed by atoms with Crippen molar-refractivity contribution in [3.63, 3.8) is 0 Å². The molecule has 24 heavy (non-hydrogen) atoms. The number of aryl methyl sites for hydroxylation is 1. The topological polar surface area (TPSA) is 18.5 Å². The third-order valence-electron chi connectivity index (χ3n) is 3.90. The van der Waals surface area contributed by atoms with Gasteiger partial charge in [0.05, 0.1) is 0 Å². The van der Waals surface area contributed by atoms with Crippen LogP contribution in [0.5, 0.6) is 11.5 Å². The predicted octanol–water partition coefficient (Wildman–Crippen LogP) is 5.41. The van der Waals surface area contributed by atoms with Gasteiger partial charge in [0.25, 0.3) is 0 Å². The smallest absolute Gasteiger partial charge is 0.123 e. The quantitative estimate of drug-likeness (QED) is 0.580. The molecule has 0 bridgehead atoms. The Bertz CT molecular complexity index is 751. The first-order valence-corrected chi connectivity index (χ1v) is 8.31. The molecule has 3 aromatic carbocycles. The molecule has 0 aromatic heterocycles. The van der Waals surface area contributed by atoms with Crippen LogP contribution < -0.4 is 9.47 Å². The van der Waals surface area contributed by atoms with Crippen molar-refractivity contribution in [2.24, 2.45) is 0 Å². The summed E-state index contributed by atoms with van der Waals surface area (Å²) in [7, 11) is 0. The normalized spacial score (nSPS) is 10.4. The Balaban J connectivity index is 1.64. The summed E-state index contributed by atoms with van der Waals surface area (Å²) in [5.74, 6) is 1.80. The molecule has 3 aromatic rings. The monoisotopic (exact) mass is 318 g/mol. The molecule has 2 nitrogen and oxygen atoms in total. The van der Waals surface area contributed by atoms with Gasteiger partial charge in [-0.2, -0.15) is 0 Å². The van der Waals surface area contributed by atoms with Crippen LogP contribution in [0.25, 0.3) is 0 Å². The molecule has 0 aliphatic heterocycles. The number of hydrogen-bond acceptors (Lipinski definition) is 2. The lowest BCUT2D eigenvalue weighted by atomic mass is 10.1. The van der Waals surface area contributed by atoms with E-state index in [1.165, 1.54) is 11.1 Å². The van der Waals surface area contributed by atoms with E-state index >= 15 is 0 Å². The van der Waals surface area contributed by atoms with Crippen LogP contribution >= 0.6 is 0 Å². The Kier molecular flexibility index (Phi) is 5.52. The van der Waals surface area contributed by atoms with E-state index in [1.54, 1.807) is 0 Å². The molecule has 0 atom stereocenters. The van der Waals surface area contributed by atoms with E-state index in [-0.39, 0.29) is 0 Å². The highest BCUT2D eigenvalue weighted by Gasteiger charge is 2.05. The second-order valence-corrected chi connectivity index (χ2v) is 5.67. The molecule has 0 unspecified atom stereocenters. The Morgan fingerprint density at radius 1 is 0.667 bits per heavy atom. The summed E-state index contributed by atoms with van der Waals surface area (Å²) in [6, 6.07) is 26.5. The molecule has 122 valence electrons. The molecule has 0 heterocycles. The van der Waals surface area contributed by atoms with Crippen LogP contribution in [-0.2, 0) is 19.6 Å². The van der Waals surface area contributed by atoms with Crippen molar-refractivity contribution in [2.45, 2.75) is 26.6 Å². The molecule has 0 amide bonds. The number of hydrogen-bond donors (Lipinski definition) is 0. The molecule has 0 N–H and O–H groups in total. The van der Waals surface area contributed by atoms with Crippen molar-refractivity contribution in [1.29, 1.82) is 0 Å². The van der Waals surface area contributed by atoms with Crippen molar-refractivity contribution in [3.05, 3.63) is 95.6 Å². The highest BCUT2D eigenvalue weighted by molar-refractivity contribution is 5.40. The van der Waals surface area contributed by atoms with Crippen molar-refractivity contribution < 1.29 is 9.47 Å². The summed E-state index contributed by atoms with van der Waals surface area (Å²) in [6.45, 7) is 3.29. The van der Waals surface area contributed by atoms with Crippen LogP contribution in [0.15, 0.2) is 78.9 Å². The lowest BCUT2D eigenvalue weighted by Gasteiger charge is -2.13. The van der Waals surface area contributed by atoms with Crippen LogP contribution in [0.2, 0.25) is 0 Å². The second-order valence-electron chi connectivity index (χ2n) is 5.67. The SMILES string of the molecule is CCc1cc(OCc2ccccc2)ccc1OCc1ccccc1. The molecular weight excluding hydrogens is 296 g/mol. The van der Waals surface area contributed by atoms with E-state index < -0.39 is 0 Å². The Morgan fingerprint density at radius 2 is 1.25 bits per heavy atom. The lowest BCUT2D eigenvalue weighted by Crippen LogP contribution is -2.00. The zero-order valence-electron chi connectivity index (χ0n) is 13.9. The number of rotatable bonds is 7. The largest absolute Gasteiger partial charge is 0.489 e. The maximum absolute atomic E-state index is 5.98. The Labute approximate surface area is 143 Å². The van der Waals surface area contributed by atoms with Gasteiger partial charge in [-0.15, -0.1) is 0 Å². The van der Waals surface area contributed by atoms with Crippen LogP contribution in [0.3, 0.4) is 0 Å². The summed E-state index contributed by atoms with van der Waals surface area (Å²) >= 11 is 0. The van der Waals surface area contributed by atoms with Crippen molar-refractivity contribution >= 4 is 0 Å². The van der Waals surface area contributed by atoms with E-state index in [4.69, 9.17) is 9.47 Å². The summed E-state index contributed by atoms with van der Waals surface area (Å²) < 4.78 is 11.9. The molecule has 0 radical (unpaired) electrons. The molecule has 0 fully saturated rings. The number of benzene rings is 3. The molecule has 0 aliphatic carbocycles. The zero-order chi connectivity index (χ0) is 16.6. The van der Waals surface area contributed by atoms with Crippen LogP contribution in [0.1, 0.15) is 23.6 Å². The maximum atomic E-state index is 5.98. The summed E-state index contributed by atoms with van der Waals surface area (Å²) in [6.07, 6.45) is 0.909. The third-order valence-corrected chi connectivity index (χ3v) is 3.90. The van der Waals surface area contributed by atoms with Crippen molar-refractivity contribution in [1.82, 2.24) is 0 Å². The van der Waals surface area contributed by atoms with Crippen molar-refractivity contribution in [3.8, 4) is 11.5 Å². The van der Waals surface area contributed by atoms with Gasteiger partial charge in [-0.25, -0.2) is 0 Å². The molecule has 0 saturated heterocycles. The fourth-order valence-corrected chi connectivity index (χ4v) is 2.54. The van der Waals surface area contributed by atoms with Crippen LogP contribution in [0.4, 0.5) is 0 Å². The fraction of sp³-hybridized carbons (Fsp3) is 0.182. The molecule has 3 rings (SSSR count). The average molecular weight is 318 g/mol. The van der Waals surface area contributed by atoms with E-state index in [0.717, 1.165) is 23.5 Å². The van der Waals surface area contributed by atoms with E-state index in [0.29, 0.717) is 13.2 Å². The summed E-state index contributed by atoms with van der Waals surface area (Å²) in [5.41, 5.74) is 3.50. The predicted molar refractivity (Wildman–Crippen MR) is 97.4 cm³/mol. The molecule has 0 saturated carbocycles. The van der Waals surface area contributed by atoms with Gasteiger partial charge in [0.1, 0.15) is 24.7 Å². The van der Waals surface area contributed by atoms with Gasteiger partial charge in [0, 0.05) is 0 Å². The first-order chi connectivity index (χ1) is 11.8. The fourth-order valence-electron chi connectivity index (χ4n) is 2.54. The van der Waals surface area contributed by atoms with E-state index in [2.05, 4.69) is 37.3 Å². The summed E-state index contributed by atoms with van der Waals surface area (Å²) in [5, 5.41) is 0. The van der Waals surface area contributed by atoms with Gasteiger partial charge in [0.15, 0.2) is 0 Å². The maximum Gasteiger partial charge on any atom is 0.123 e. The molecule has 0 aliphatic rings. The van der Waals surface area contributed by atoms with Gasteiger partial charge < -0.3 is 9.47 Å². The van der Waals surface area contributed by atoms with Crippen LogP contribution in [-0.4, -0.2) is 0 Å². The molecule has 0 spiro atoms. The van der Waals surface area contributed by atoms with E-state index in [9.17, 15) is 0 Å². The van der Waals surface area contributed by atoms with Crippen LogP contribution in [0, 0.1) is 0 Å². The van der Waals surface area contributed by atoms with Gasteiger partial charge in [-0.3, -0.25) is 0 Å². The minimum Gasteiger partial charge on any atom is -0.489 e. The molecule has 2 heteroatoms. The average Bonchev–Trinajstić information content (AvgIpc) is 2.66. The zero-order valence-corrected chi connectivity index (χ0v) is 13.9. The first kappa shape index (κ1) is 16.1. The minimum absolute atomic E-state index is 0.578. The van der Waals surface area contributed by atoms with Gasteiger partial charge in [0.2, 0.25) is 0 Å². The Hall–Kier alpha value is -2.74.